The summed E-state index contributed by atoms with van der Waals surface area (Å²) in [4.78, 5) is 24.6. The van der Waals surface area contributed by atoms with Crippen LogP contribution in [0.5, 0.6) is 5.75 Å². The first-order chi connectivity index (χ1) is 13.7. The van der Waals surface area contributed by atoms with Crippen LogP contribution in [0.15, 0.2) is 18.2 Å². The summed E-state index contributed by atoms with van der Waals surface area (Å²) in [7, 11) is 0. The highest BCUT2D eigenvalue weighted by atomic mass is 17.3. The van der Waals surface area contributed by atoms with Crippen LogP contribution in [0.4, 0.5) is 0 Å². The van der Waals surface area contributed by atoms with Crippen LogP contribution < -0.4 is 0 Å². The quantitative estimate of drug-likeness (QED) is 0.770. The van der Waals surface area contributed by atoms with Gasteiger partial charge in [-0.15, -0.1) is 0 Å². The highest BCUT2D eigenvalue weighted by Crippen LogP contribution is 2.42. The number of benzene rings is 1. The predicted octanol–water partition coefficient (Wildman–Crippen LogP) is 4.42. The van der Waals surface area contributed by atoms with Gasteiger partial charge in [-0.1, -0.05) is 12.1 Å². The second-order valence-electron chi connectivity index (χ2n) is 8.43. The van der Waals surface area contributed by atoms with Gasteiger partial charge in [0.25, 0.3) is 0 Å². The van der Waals surface area contributed by atoms with Gasteiger partial charge >= 0.3 is 0 Å². The van der Waals surface area contributed by atoms with Crippen LogP contribution in [0.1, 0.15) is 74.8 Å². The van der Waals surface area contributed by atoms with Gasteiger partial charge in [-0.3, -0.25) is 4.90 Å². The van der Waals surface area contributed by atoms with Crippen molar-refractivity contribution in [2.45, 2.75) is 76.0 Å². The van der Waals surface area contributed by atoms with E-state index >= 15 is 0 Å². The summed E-state index contributed by atoms with van der Waals surface area (Å²) >= 11 is 0. The molecular formula is C22H33NO5. The molecule has 1 spiro atoms. The lowest BCUT2D eigenvalue weighted by Gasteiger charge is -2.37. The van der Waals surface area contributed by atoms with Crippen molar-refractivity contribution >= 4 is 0 Å². The van der Waals surface area contributed by atoms with Crippen molar-refractivity contribution in [2.75, 3.05) is 26.3 Å². The van der Waals surface area contributed by atoms with Crippen LogP contribution in [0.25, 0.3) is 0 Å². The molecule has 1 aliphatic carbocycles. The maximum absolute atomic E-state index is 10.3. The number of nitrogens with zero attached hydrogens (tertiary/aromatic N) is 1. The van der Waals surface area contributed by atoms with Gasteiger partial charge in [-0.2, -0.15) is 9.78 Å². The number of hydrogen-bond acceptors (Lipinski definition) is 6. The molecule has 6 heteroatoms. The zero-order chi connectivity index (χ0) is 19.2. The zero-order valence-corrected chi connectivity index (χ0v) is 16.7. The van der Waals surface area contributed by atoms with E-state index in [0.717, 1.165) is 70.1 Å². The van der Waals surface area contributed by atoms with Gasteiger partial charge in [-0.25, -0.2) is 9.78 Å². The molecule has 0 atom stereocenters. The van der Waals surface area contributed by atoms with E-state index in [1.807, 2.05) is 6.07 Å². The lowest BCUT2D eigenvalue weighted by atomic mass is 9.80. The third-order valence-electron chi connectivity index (χ3n) is 6.29. The molecule has 0 aromatic heterocycles. The molecule has 3 fully saturated rings. The van der Waals surface area contributed by atoms with E-state index < -0.39 is 5.79 Å². The fourth-order valence-corrected chi connectivity index (χ4v) is 4.54. The Hall–Kier alpha value is -1.18. The van der Waals surface area contributed by atoms with E-state index in [4.69, 9.17) is 19.6 Å². The van der Waals surface area contributed by atoms with Gasteiger partial charge in [-0.05, 0) is 75.6 Å². The molecule has 2 saturated heterocycles. The third-order valence-corrected chi connectivity index (χ3v) is 6.29. The molecule has 1 aromatic carbocycles. The molecule has 1 saturated carbocycles. The average Bonchev–Trinajstić information content (AvgIpc) is 3.23. The molecule has 0 amide bonds. The highest BCUT2D eigenvalue weighted by Gasteiger charge is 2.41. The molecule has 1 N–H and O–H groups in total. The first kappa shape index (κ1) is 20.1. The summed E-state index contributed by atoms with van der Waals surface area (Å²) in [6.45, 7) is 4.30. The Balaban J connectivity index is 1.38. The number of phenolic OH excluding ortho intramolecular Hbond substituents is 1. The predicted molar refractivity (Wildman–Crippen MR) is 104 cm³/mol. The first-order valence-corrected chi connectivity index (χ1v) is 10.9. The van der Waals surface area contributed by atoms with Gasteiger partial charge in [0.2, 0.25) is 5.79 Å². The van der Waals surface area contributed by atoms with Gasteiger partial charge in [0.15, 0.2) is 0 Å². The van der Waals surface area contributed by atoms with E-state index in [1.165, 1.54) is 18.4 Å². The molecule has 2 aliphatic heterocycles. The molecule has 1 aromatic rings. The summed E-state index contributed by atoms with van der Waals surface area (Å²) in [6.07, 6.45) is 8.90. The van der Waals surface area contributed by atoms with Gasteiger partial charge in [0.1, 0.15) is 5.75 Å². The summed E-state index contributed by atoms with van der Waals surface area (Å²) in [5.74, 6) is 0.0539. The van der Waals surface area contributed by atoms with E-state index in [-0.39, 0.29) is 0 Å². The molecule has 2 heterocycles. The molecule has 0 unspecified atom stereocenters. The van der Waals surface area contributed by atoms with Crippen LogP contribution in [-0.4, -0.2) is 42.1 Å². The van der Waals surface area contributed by atoms with Crippen LogP contribution in [0.2, 0.25) is 0 Å². The second kappa shape index (κ2) is 9.55. The summed E-state index contributed by atoms with van der Waals surface area (Å²) < 4.78 is 0. The van der Waals surface area contributed by atoms with Crippen LogP contribution >= 0.6 is 0 Å². The normalized spacial score (nSPS) is 25.1. The Bertz CT molecular complexity index is 611. The first-order valence-electron chi connectivity index (χ1n) is 10.9. The van der Waals surface area contributed by atoms with E-state index in [9.17, 15) is 5.11 Å². The number of phenols is 1. The number of aromatic hydroxyl groups is 1. The number of likely N-dealkylation sites (tertiary alicyclic amines) is 1. The fourth-order valence-electron chi connectivity index (χ4n) is 4.54. The van der Waals surface area contributed by atoms with Crippen molar-refractivity contribution in [2.24, 2.45) is 0 Å². The minimum absolute atomic E-state index is 0.406. The molecule has 4 rings (SSSR count). The Morgan fingerprint density at radius 2 is 1.61 bits per heavy atom. The Kier molecular flexibility index (Phi) is 6.86. The highest BCUT2D eigenvalue weighted by molar-refractivity contribution is 5.38. The van der Waals surface area contributed by atoms with Crippen LogP contribution in [0, 0.1) is 0 Å². The molecular weight excluding hydrogens is 358 g/mol. The summed E-state index contributed by atoms with van der Waals surface area (Å²) in [6, 6.07) is 6.11. The Morgan fingerprint density at radius 3 is 2.29 bits per heavy atom. The summed E-state index contributed by atoms with van der Waals surface area (Å²) in [5, 5.41) is 10.3. The standard InChI is InChI=1S/C22H33NO5/c24-21-7-6-19(16-20(21)17-23-12-2-3-13-23)18-8-10-22(11-9-18)27-25-14-4-1-5-15-26-28-22/h6-7,16,18,24H,1-5,8-15,17H2. The Labute approximate surface area is 167 Å². The molecule has 28 heavy (non-hydrogen) atoms. The van der Waals surface area contributed by atoms with Gasteiger partial charge < -0.3 is 5.11 Å². The zero-order valence-electron chi connectivity index (χ0n) is 16.7. The monoisotopic (exact) mass is 391 g/mol. The maximum Gasteiger partial charge on any atom is 0.234 e. The fraction of sp³-hybridized carbons (Fsp3) is 0.727. The van der Waals surface area contributed by atoms with Crippen molar-refractivity contribution in [1.29, 1.82) is 0 Å². The van der Waals surface area contributed by atoms with E-state index in [2.05, 4.69) is 17.0 Å². The largest absolute Gasteiger partial charge is 0.508 e. The molecule has 6 nitrogen and oxygen atoms in total. The second-order valence-corrected chi connectivity index (χ2v) is 8.43. The van der Waals surface area contributed by atoms with Crippen LogP contribution in [-0.2, 0) is 26.1 Å². The molecule has 0 bridgehead atoms. The smallest absolute Gasteiger partial charge is 0.234 e. The average molecular weight is 392 g/mol. The van der Waals surface area contributed by atoms with Crippen molar-refractivity contribution < 1.29 is 24.7 Å². The van der Waals surface area contributed by atoms with E-state index in [0.29, 0.717) is 24.9 Å². The van der Waals surface area contributed by atoms with Crippen molar-refractivity contribution in [3.63, 3.8) is 0 Å². The van der Waals surface area contributed by atoms with Crippen molar-refractivity contribution in [3.05, 3.63) is 29.3 Å². The Morgan fingerprint density at radius 1 is 0.929 bits per heavy atom. The van der Waals surface area contributed by atoms with Crippen molar-refractivity contribution in [3.8, 4) is 5.75 Å². The molecule has 3 aliphatic rings. The van der Waals surface area contributed by atoms with Gasteiger partial charge in [0, 0.05) is 24.9 Å². The number of rotatable bonds is 3. The van der Waals surface area contributed by atoms with E-state index in [1.54, 1.807) is 0 Å². The van der Waals surface area contributed by atoms with Crippen molar-refractivity contribution in [1.82, 2.24) is 4.90 Å². The lowest BCUT2D eigenvalue weighted by molar-refractivity contribution is -0.519. The maximum atomic E-state index is 10.3. The summed E-state index contributed by atoms with van der Waals surface area (Å²) in [5.41, 5.74) is 2.33. The third kappa shape index (κ3) is 5.05. The molecule has 0 radical (unpaired) electrons. The SMILES string of the molecule is Oc1ccc(C2CCC3(CC2)OOCCCCCOO3)cc1CN1CCCC1. The van der Waals surface area contributed by atoms with Crippen LogP contribution in [0.3, 0.4) is 0 Å². The number of hydrogen-bond donors (Lipinski definition) is 1. The minimum atomic E-state index is -0.789. The van der Waals surface area contributed by atoms with Gasteiger partial charge in [0.05, 0.1) is 13.2 Å². The minimum Gasteiger partial charge on any atom is -0.508 e. The topological polar surface area (TPSA) is 60.4 Å². The molecule has 156 valence electrons. The lowest BCUT2D eigenvalue weighted by Crippen LogP contribution is -2.40.